The van der Waals surface area contributed by atoms with Gasteiger partial charge in [-0.2, -0.15) is 5.10 Å². The van der Waals surface area contributed by atoms with Crippen LogP contribution < -0.4 is 10.6 Å². The van der Waals surface area contributed by atoms with Crippen LogP contribution in [0.4, 0.5) is 0 Å². The van der Waals surface area contributed by atoms with Gasteiger partial charge < -0.3 is 10.6 Å². The van der Waals surface area contributed by atoms with Gasteiger partial charge in [0.2, 0.25) is 0 Å². The first-order valence-corrected chi connectivity index (χ1v) is 9.86. The molecule has 0 saturated carbocycles. The number of amides is 1. The topological polar surface area (TPSA) is 71.8 Å². The van der Waals surface area contributed by atoms with Crippen molar-refractivity contribution >= 4 is 16.9 Å². The highest BCUT2D eigenvalue weighted by Crippen LogP contribution is 2.29. The summed E-state index contributed by atoms with van der Waals surface area (Å²) < 4.78 is 1.75. The summed E-state index contributed by atoms with van der Waals surface area (Å²) in [6.45, 7) is 6.87. The Bertz CT molecular complexity index is 1000. The second-order valence-electron chi connectivity index (χ2n) is 8.07. The molecule has 1 aromatic carbocycles. The normalized spacial score (nSPS) is 16.2. The molecular weight excluding hydrogens is 350 g/mol. The van der Waals surface area contributed by atoms with Gasteiger partial charge in [-0.15, -0.1) is 0 Å². The quantitative estimate of drug-likeness (QED) is 0.733. The van der Waals surface area contributed by atoms with Gasteiger partial charge in [-0.1, -0.05) is 37.3 Å². The Labute approximate surface area is 165 Å². The summed E-state index contributed by atoms with van der Waals surface area (Å²) >= 11 is 0. The fourth-order valence-electron chi connectivity index (χ4n) is 3.98. The van der Waals surface area contributed by atoms with Gasteiger partial charge in [0.05, 0.1) is 22.3 Å². The molecule has 1 fully saturated rings. The zero-order valence-corrected chi connectivity index (χ0v) is 16.7. The van der Waals surface area contributed by atoms with Crippen LogP contribution in [0.25, 0.3) is 22.3 Å². The monoisotopic (exact) mass is 377 g/mol. The van der Waals surface area contributed by atoms with E-state index in [1.807, 2.05) is 50.4 Å². The van der Waals surface area contributed by atoms with Crippen LogP contribution >= 0.6 is 0 Å². The van der Waals surface area contributed by atoms with Crippen LogP contribution in [0.3, 0.4) is 0 Å². The Balaban J connectivity index is 1.71. The number of hydrogen-bond donors (Lipinski definition) is 2. The van der Waals surface area contributed by atoms with E-state index in [4.69, 9.17) is 4.98 Å². The number of benzene rings is 1. The number of aromatic nitrogens is 3. The number of fused-ring (bicyclic) bond motifs is 1. The molecule has 28 heavy (non-hydrogen) atoms. The van der Waals surface area contributed by atoms with Gasteiger partial charge in [0.1, 0.15) is 0 Å². The van der Waals surface area contributed by atoms with Crippen LogP contribution in [0, 0.1) is 12.3 Å². The average Bonchev–Trinajstić information content (AvgIpc) is 3.00. The van der Waals surface area contributed by atoms with Crippen LogP contribution in [0.5, 0.6) is 0 Å². The molecule has 0 unspecified atom stereocenters. The summed E-state index contributed by atoms with van der Waals surface area (Å²) in [7, 11) is 1.87. The molecule has 0 bridgehead atoms. The van der Waals surface area contributed by atoms with E-state index in [1.165, 1.54) is 0 Å². The Hall–Kier alpha value is -2.73. The third-order valence-electron chi connectivity index (χ3n) is 5.77. The first-order valence-electron chi connectivity index (χ1n) is 9.86. The highest BCUT2D eigenvalue weighted by atomic mass is 16.1. The number of aryl methyl sites for hydroxylation is 2. The molecule has 4 rings (SSSR count). The van der Waals surface area contributed by atoms with Crippen molar-refractivity contribution in [3.05, 3.63) is 47.7 Å². The third-order valence-corrected chi connectivity index (χ3v) is 5.77. The van der Waals surface area contributed by atoms with Crippen molar-refractivity contribution in [2.45, 2.75) is 26.7 Å². The SMILES string of the molecule is Cc1nn(C)c2nc(-c3ccccc3)cc(C(=O)NCC3(C)CCNCC3)c12. The van der Waals surface area contributed by atoms with Crippen molar-refractivity contribution in [2.75, 3.05) is 19.6 Å². The standard InChI is InChI=1S/C22H27N5O/c1-15-19-17(21(28)24-14-22(2)9-11-23-12-10-22)13-18(16-7-5-4-6-8-16)25-20(19)27(3)26-15/h4-8,13,23H,9-12,14H2,1-3H3,(H,24,28). The van der Waals surface area contributed by atoms with Gasteiger partial charge in [-0.25, -0.2) is 4.98 Å². The summed E-state index contributed by atoms with van der Waals surface area (Å²) in [5.41, 5.74) is 4.11. The fraction of sp³-hybridized carbons (Fsp3) is 0.409. The maximum absolute atomic E-state index is 13.2. The minimum atomic E-state index is -0.0551. The van der Waals surface area contributed by atoms with Crippen molar-refractivity contribution < 1.29 is 4.79 Å². The van der Waals surface area contributed by atoms with Gasteiger partial charge in [-0.3, -0.25) is 9.48 Å². The molecule has 0 atom stereocenters. The Morgan fingerprint density at radius 1 is 1.25 bits per heavy atom. The zero-order valence-electron chi connectivity index (χ0n) is 16.7. The number of carbonyl (C=O) groups excluding carboxylic acids is 1. The van der Waals surface area contributed by atoms with E-state index in [0.29, 0.717) is 12.1 Å². The highest BCUT2D eigenvalue weighted by Gasteiger charge is 2.28. The highest BCUT2D eigenvalue weighted by molar-refractivity contribution is 6.07. The van der Waals surface area contributed by atoms with Crippen molar-refractivity contribution in [1.29, 1.82) is 0 Å². The largest absolute Gasteiger partial charge is 0.351 e. The van der Waals surface area contributed by atoms with E-state index in [-0.39, 0.29) is 11.3 Å². The smallest absolute Gasteiger partial charge is 0.252 e. The minimum Gasteiger partial charge on any atom is -0.351 e. The summed E-state index contributed by atoms with van der Waals surface area (Å²) in [6.07, 6.45) is 2.14. The third kappa shape index (κ3) is 3.52. The zero-order chi connectivity index (χ0) is 19.7. The molecule has 6 nitrogen and oxygen atoms in total. The summed E-state index contributed by atoms with van der Waals surface area (Å²) in [5, 5.41) is 11.9. The van der Waals surface area contributed by atoms with Crippen molar-refractivity contribution in [2.24, 2.45) is 12.5 Å². The minimum absolute atomic E-state index is 0.0551. The van der Waals surface area contributed by atoms with Gasteiger partial charge in [0.25, 0.3) is 5.91 Å². The number of rotatable bonds is 4. The molecular formula is C22H27N5O. The Kier molecular flexibility index (Phi) is 4.89. The fourth-order valence-corrected chi connectivity index (χ4v) is 3.98. The lowest BCUT2D eigenvalue weighted by Crippen LogP contribution is -2.42. The molecule has 6 heteroatoms. The summed E-state index contributed by atoms with van der Waals surface area (Å²) in [6, 6.07) is 11.8. The average molecular weight is 377 g/mol. The predicted octanol–water partition coefficient (Wildman–Crippen LogP) is 3.06. The predicted molar refractivity (Wildman–Crippen MR) is 111 cm³/mol. The molecule has 0 radical (unpaired) electrons. The maximum atomic E-state index is 13.2. The van der Waals surface area contributed by atoms with Gasteiger partial charge in [-0.05, 0) is 44.3 Å². The molecule has 3 heterocycles. The Morgan fingerprint density at radius 3 is 2.68 bits per heavy atom. The van der Waals surface area contributed by atoms with E-state index in [2.05, 4.69) is 22.7 Å². The van der Waals surface area contributed by atoms with Crippen molar-refractivity contribution in [3.8, 4) is 11.3 Å². The number of pyridine rings is 1. The summed E-state index contributed by atoms with van der Waals surface area (Å²) in [4.78, 5) is 18.0. The first kappa shape index (κ1) is 18.6. The van der Waals surface area contributed by atoms with E-state index in [0.717, 1.165) is 53.9 Å². The molecule has 1 aliphatic rings. The number of piperidine rings is 1. The van der Waals surface area contributed by atoms with Crippen LogP contribution in [0.15, 0.2) is 36.4 Å². The maximum Gasteiger partial charge on any atom is 0.252 e. The Morgan fingerprint density at radius 2 is 1.96 bits per heavy atom. The van der Waals surface area contributed by atoms with Crippen LogP contribution in [-0.2, 0) is 7.05 Å². The molecule has 0 aliphatic carbocycles. The number of carbonyl (C=O) groups is 1. The van der Waals surface area contributed by atoms with Crippen LogP contribution in [0.1, 0.15) is 35.8 Å². The number of nitrogens with one attached hydrogen (secondary N) is 2. The second-order valence-corrected chi connectivity index (χ2v) is 8.07. The van der Waals surface area contributed by atoms with Crippen molar-refractivity contribution in [3.63, 3.8) is 0 Å². The lowest BCUT2D eigenvalue weighted by molar-refractivity contribution is 0.0924. The molecule has 3 aromatic rings. The van der Waals surface area contributed by atoms with Crippen molar-refractivity contribution in [1.82, 2.24) is 25.4 Å². The van der Waals surface area contributed by atoms with Gasteiger partial charge in [0, 0.05) is 19.2 Å². The van der Waals surface area contributed by atoms with Crippen LogP contribution in [0.2, 0.25) is 0 Å². The van der Waals surface area contributed by atoms with E-state index >= 15 is 0 Å². The molecule has 1 amide bonds. The molecule has 0 spiro atoms. The van der Waals surface area contributed by atoms with E-state index < -0.39 is 0 Å². The molecule has 2 N–H and O–H groups in total. The molecule has 1 aliphatic heterocycles. The van der Waals surface area contributed by atoms with Gasteiger partial charge >= 0.3 is 0 Å². The lowest BCUT2D eigenvalue weighted by Gasteiger charge is -2.34. The second kappa shape index (κ2) is 7.36. The number of hydrogen-bond acceptors (Lipinski definition) is 4. The first-order chi connectivity index (χ1) is 13.5. The lowest BCUT2D eigenvalue weighted by atomic mass is 9.81. The van der Waals surface area contributed by atoms with Gasteiger partial charge in [0.15, 0.2) is 5.65 Å². The number of nitrogens with zero attached hydrogens (tertiary/aromatic N) is 3. The molecule has 146 valence electrons. The van der Waals surface area contributed by atoms with E-state index in [1.54, 1.807) is 4.68 Å². The summed E-state index contributed by atoms with van der Waals surface area (Å²) in [5.74, 6) is -0.0551. The van der Waals surface area contributed by atoms with Crippen LogP contribution in [-0.4, -0.2) is 40.3 Å². The molecule has 1 saturated heterocycles. The van der Waals surface area contributed by atoms with E-state index in [9.17, 15) is 4.79 Å². The molecule has 2 aromatic heterocycles.